The maximum absolute atomic E-state index is 13.5. The number of hydrogen-bond donors (Lipinski definition) is 0. The van der Waals surface area contributed by atoms with Gasteiger partial charge in [0.15, 0.2) is 0 Å². The van der Waals surface area contributed by atoms with Crippen LogP contribution < -0.4 is 0 Å². The van der Waals surface area contributed by atoms with Gasteiger partial charge in [-0.25, -0.2) is 4.39 Å². The summed E-state index contributed by atoms with van der Waals surface area (Å²) in [5.74, 6) is -0.935. The van der Waals surface area contributed by atoms with Gasteiger partial charge in [-0.15, -0.1) is 0 Å². The van der Waals surface area contributed by atoms with Crippen LogP contribution >= 0.6 is 0 Å². The maximum atomic E-state index is 13.5. The van der Waals surface area contributed by atoms with Gasteiger partial charge >= 0.3 is 6.18 Å². The molecule has 1 heterocycles. The molecule has 1 saturated heterocycles. The van der Waals surface area contributed by atoms with E-state index in [-0.39, 0.29) is 17.4 Å². The monoisotopic (exact) mass is 442 g/mol. The van der Waals surface area contributed by atoms with E-state index in [4.69, 9.17) is 0 Å². The third-order valence-electron chi connectivity index (χ3n) is 5.73. The molecule has 0 bridgehead atoms. The van der Waals surface area contributed by atoms with E-state index in [0.717, 1.165) is 17.2 Å². The first-order valence-electron chi connectivity index (χ1n) is 10.3. The number of alkyl halides is 3. The average Bonchev–Trinajstić information content (AvgIpc) is 2.81. The van der Waals surface area contributed by atoms with Gasteiger partial charge < -0.3 is 4.90 Å². The second kappa shape index (κ2) is 9.12. The molecule has 0 aliphatic carbocycles. The molecular formula is C25H22F4N2O. The van der Waals surface area contributed by atoms with E-state index in [9.17, 15) is 22.4 Å². The quantitative estimate of drug-likeness (QED) is 0.506. The van der Waals surface area contributed by atoms with Crippen molar-refractivity contribution >= 4 is 5.91 Å². The van der Waals surface area contributed by atoms with Gasteiger partial charge in [-0.1, -0.05) is 54.6 Å². The van der Waals surface area contributed by atoms with Crippen molar-refractivity contribution in [3.05, 3.63) is 107 Å². The second-order valence-corrected chi connectivity index (χ2v) is 7.74. The zero-order valence-electron chi connectivity index (χ0n) is 17.2. The standard InChI is InChI=1S/C25H22F4N2O/c26-20-12-10-19(11-13-20)23(18-6-2-1-3-7-18)30-14-16-31(17-15-30)24(32)21-8-4-5-9-22(21)25(27,28)29/h1-13,23H,14-17H2/t23-/m0/s1. The normalized spacial score (nSPS) is 16.1. The summed E-state index contributed by atoms with van der Waals surface area (Å²) in [7, 11) is 0. The summed E-state index contributed by atoms with van der Waals surface area (Å²) in [6, 6.07) is 20.8. The lowest BCUT2D eigenvalue weighted by Crippen LogP contribution is -2.50. The van der Waals surface area contributed by atoms with Gasteiger partial charge in [0.2, 0.25) is 0 Å². The SMILES string of the molecule is O=C(c1ccccc1C(F)(F)F)N1CCN([C@@H](c2ccccc2)c2ccc(F)cc2)CC1. The lowest BCUT2D eigenvalue weighted by Gasteiger charge is -2.40. The van der Waals surface area contributed by atoms with Crippen molar-refractivity contribution in [1.29, 1.82) is 0 Å². The number of amides is 1. The molecule has 4 rings (SSSR count). The summed E-state index contributed by atoms with van der Waals surface area (Å²) in [6.07, 6.45) is -4.59. The lowest BCUT2D eigenvalue weighted by atomic mass is 9.96. The lowest BCUT2D eigenvalue weighted by molar-refractivity contribution is -0.138. The molecule has 3 nitrogen and oxygen atoms in total. The van der Waals surface area contributed by atoms with E-state index in [1.54, 1.807) is 12.1 Å². The molecule has 0 radical (unpaired) electrons. The van der Waals surface area contributed by atoms with Gasteiger partial charge in [0.05, 0.1) is 17.2 Å². The largest absolute Gasteiger partial charge is 0.417 e. The van der Waals surface area contributed by atoms with Gasteiger partial charge in [0.25, 0.3) is 5.91 Å². The first-order chi connectivity index (χ1) is 15.3. The van der Waals surface area contributed by atoms with Gasteiger partial charge in [-0.2, -0.15) is 13.2 Å². The molecule has 1 aliphatic heterocycles. The Morgan fingerprint density at radius 3 is 1.94 bits per heavy atom. The number of nitrogens with zero attached hydrogens (tertiary/aromatic N) is 2. The van der Waals surface area contributed by atoms with Crippen molar-refractivity contribution < 1.29 is 22.4 Å². The average molecular weight is 442 g/mol. The van der Waals surface area contributed by atoms with Crippen LogP contribution in [0.3, 0.4) is 0 Å². The van der Waals surface area contributed by atoms with Gasteiger partial charge in [0.1, 0.15) is 5.82 Å². The molecule has 1 amide bonds. The molecular weight excluding hydrogens is 420 g/mol. The fraction of sp³-hybridized carbons (Fsp3) is 0.240. The zero-order chi connectivity index (χ0) is 22.7. The third-order valence-corrected chi connectivity index (χ3v) is 5.73. The highest BCUT2D eigenvalue weighted by Crippen LogP contribution is 2.33. The first kappa shape index (κ1) is 22.0. The number of carbonyl (C=O) groups is 1. The highest BCUT2D eigenvalue weighted by atomic mass is 19.4. The van der Waals surface area contributed by atoms with E-state index in [1.807, 2.05) is 30.3 Å². The Balaban J connectivity index is 1.54. The zero-order valence-corrected chi connectivity index (χ0v) is 17.2. The topological polar surface area (TPSA) is 23.6 Å². The summed E-state index contributed by atoms with van der Waals surface area (Å²) >= 11 is 0. The molecule has 1 aliphatic rings. The Kier molecular flexibility index (Phi) is 6.28. The molecule has 3 aromatic carbocycles. The fourth-order valence-electron chi connectivity index (χ4n) is 4.16. The van der Waals surface area contributed by atoms with Crippen LogP contribution in [0.4, 0.5) is 17.6 Å². The van der Waals surface area contributed by atoms with E-state index >= 15 is 0 Å². The number of piperazine rings is 1. The van der Waals surface area contributed by atoms with E-state index in [1.165, 1.54) is 35.2 Å². The van der Waals surface area contributed by atoms with Crippen LogP contribution in [0.15, 0.2) is 78.9 Å². The van der Waals surface area contributed by atoms with Crippen LogP contribution in [0.5, 0.6) is 0 Å². The van der Waals surface area contributed by atoms with Crippen LogP contribution in [0.1, 0.15) is 33.1 Å². The molecule has 0 spiro atoms. The van der Waals surface area contributed by atoms with Crippen molar-refractivity contribution in [2.75, 3.05) is 26.2 Å². The minimum Gasteiger partial charge on any atom is -0.336 e. The minimum atomic E-state index is -4.59. The maximum Gasteiger partial charge on any atom is 0.417 e. The van der Waals surface area contributed by atoms with Crippen LogP contribution in [0, 0.1) is 5.82 Å². The van der Waals surface area contributed by atoms with E-state index in [0.29, 0.717) is 26.2 Å². The van der Waals surface area contributed by atoms with E-state index < -0.39 is 17.6 Å². The number of benzene rings is 3. The number of carbonyl (C=O) groups excluding carboxylic acids is 1. The summed E-state index contributed by atoms with van der Waals surface area (Å²) in [4.78, 5) is 16.5. The Bertz CT molecular complexity index is 1060. The van der Waals surface area contributed by atoms with Crippen LogP contribution in [-0.2, 0) is 6.18 Å². The molecule has 7 heteroatoms. The first-order valence-corrected chi connectivity index (χ1v) is 10.3. The molecule has 0 aromatic heterocycles. The molecule has 0 N–H and O–H groups in total. The summed E-state index contributed by atoms with van der Waals surface area (Å²) < 4.78 is 53.5. The molecule has 0 unspecified atom stereocenters. The number of halogens is 4. The third kappa shape index (κ3) is 4.67. The Labute approximate surface area is 183 Å². The second-order valence-electron chi connectivity index (χ2n) is 7.74. The highest BCUT2D eigenvalue weighted by Gasteiger charge is 2.37. The number of rotatable bonds is 4. The fourth-order valence-corrected chi connectivity index (χ4v) is 4.16. The van der Waals surface area contributed by atoms with Crippen molar-refractivity contribution in [2.24, 2.45) is 0 Å². The molecule has 0 saturated carbocycles. The van der Waals surface area contributed by atoms with Gasteiger partial charge in [0, 0.05) is 26.2 Å². The minimum absolute atomic E-state index is 0.142. The smallest absolute Gasteiger partial charge is 0.336 e. The van der Waals surface area contributed by atoms with Crippen molar-refractivity contribution in [1.82, 2.24) is 9.80 Å². The van der Waals surface area contributed by atoms with E-state index in [2.05, 4.69) is 4.90 Å². The molecule has 1 atom stereocenters. The predicted molar refractivity (Wildman–Crippen MR) is 114 cm³/mol. The highest BCUT2D eigenvalue weighted by molar-refractivity contribution is 5.96. The van der Waals surface area contributed by atoms with Crippen LogP contribution in [0.2, 0.25) is 0 Å². The molecule has 166 valence electrons. The Hall–Kier alpha value is -3.19. The molecule has 32 heavy (non-hydrogen) atoms. The Morgan fingerprint density at radius 1 is 0.750 bits per heavy atom. The van der Waals surface area contributed by atoms with Crippen molar-refractivity contribution in [2.45, 2.75) is 12.2 Å². The van der Waals surface area contributed by atoms with Gasteiger partial charge in [-0.3, -0.25) is 9.69 Å². The Morgan fingerprint density at radius 2 is 1.31 bits per heavy atom. The molecule has 3 aromatic rings. The van der Waals surface area contributed by atoms with Gasteiger partial charge in [-0.05, 0) is 35.4 Å². The number of hydrogen-bond acceptors (Lipinski definition) is 2. The summed E-state index contributed by atoms with van der Waals surface area (Å²) in [6.45, 7) is 1.57. The summed E-state index contributed by atoms with van der Waals surface area (Å²) in [5.41, 5.74) is 0.702. The van der Waals surface area contributed by atoms with Crippen molar-refractivity contribution in [3.8, 4) is 0 Å². The van der Waals surface area contributed by atoms with Crippen LogP contribution in [-0.4, -0.2) is 41.9 Å². The predicted octanol–water partition coefficient (Wildman–Crippen LogP) is 5.39. The van der Waals surface area contributed by atoms with Crippen LogP contribution in [0.25, 0.3) is 0 Å². The summed E-state index contributed by atoms with van der Waals surface area (Å²) in [5, 5.41) is 0. The van der Waals surface area contributed by atoms with Crippen molar-refractivity contribution in [3.63, 3.8) is 0 Å². The molecule has 1 fully saturated rings.